The highest BCUT2D eigenvalue weighted by molar-refractivity contribution is 5.88. The van der Waals surface area contributed by atoms with Crippen LogP contribution in [0.25, 0.3) is 11.1 Å². The van der Waals surface area contributed by atoms with Crippen molar-refractivity contribution in [1.82, 2.24) is 0 Å². The Hall–Kier alpha value is -6.84. The first-order chi connectivity index (χ1) is 28.6. The highest BCUT2D eigenvalue weighted by atomic mass is 15.2. The van der Waals surface area contributed by atoms with Crippen LogP contribution in [-0.2, 0) is 10.8 Å². The zero-order valence-corrected chi connectivity index (χ0v) is 34.9. The van der Waals surface area contributed by atoms with Gasteiger partial charge in [-0.1, -0.05) is 126 Å². The monoisotopic (exact) mass is 765 g/mol. The number of hydrogen-bond acceptors (Lipinski definition) is 3. The Morgan fingerprint density at radius 1 is 0.339 bits per heavy atom. The zero-order valence-electron chi connectivity index (χ0n) is 34.9. The van der Waals surface area contributed by atoms with E-state index in [0.717, 1.165) is 51.2 Å². The molecule has 290 valence electrons. The maximum Gasteiger partial charge on any atom is 0.0465 e. The molecule has 8 aromatic rings. The first-order valence-corrected chi connectivity index (χ1v) is 20.7. The Kier molecular flexibility index (Phi) is 9.69. The zero-order chi connectivity index (χ0) is 40.7. The van der Waals surface area contributed by atoms with E-state index in [-0.39, 0.29) is 10.8 Å². The summed E-state index contributed by atoms with van der Waals surface area (Å²) in [7, 11) is 0. The van der Waals surface area contributed by atoms with Gasteiger partial charge in [-0.05, 0) is 155 Å². The average molecular weight is 766 g/mol. The molecule has 8 aromatic carbocycles. The van der Waals surface area contributed by atoms with Gasteiger partial charge in [0.15, 0.2) is 0 Å². The van der Waals surface area contributed by atoms with Crippen molar-refractivity contribution in [3.63, 3.8) is 0 Å². The van der Waals surface area contributed by atoms with E-state index >= 15 is 0 Å². The van der Waals surface area contributed by atoms with E-state index in [0.29, 0.717) is 0 Å². The highest BCUT2D eigenvalue weighted by Gasteiger charge is 2.37. The fraction of sp³-hybridized carbons (Fsp3) is 0.143. The van der Waals surface area contributed by atoms with Gasteiger partial charge in [0, 0.05) is 56.6 Å². The number of anilines is 9. The molecule has 3 heteroatoms. The minimum Gasteiger partial charge on any atom is -0.311 e. The minimum atomic E-state index is -0.154. The summed E-state index contributed by atoms with van der Waals surface area (Å²) in [6.07, 6.45) is 0. The molecule has 59 heavy (non-hydrogen) atoms. The molecule has 0 saturated heterocycles. The molecule has 1 aliphatic rings. The van der Waals surface area contributed by atoms with Crippen molar-refractivity contribution in [3.05, 3.63) is 222 Å². The Morgan fingerprint density at radius 2 is 0.644 bits per heavy atom. The summed E-state index contributed by atoms with van der Waals surface area (Å²) >= 11 is 0. The molecule has 0 bridgehead atoms. The van der Waals surface area contributed by atoms with Gasteiger partial charge in [0.2, 0.25) is 0 Å². The summed E-state index contributed by atoms with van der Waals surface area (Å²) in [5.41, 5.74) is 18.1. The SMILES string of the molecule is Cc1cc2c(cc1C(C)(C)C)-c1ccc(N(c3ccc(N(c4ccccc4)c4ccccc4)cc3)c3ccc(N(c4ccccc4)c4ccccc4)cc3)cc1C2(C)C. The molecule has 0 radical (unpaired) electrons. The fourth-order valence-electron chi connectivity index (χ4n) is 8.98. The van der Waals surface area contributed by atoms with Gasteiger partial charge in [-0.25, -0.2) is 0 Å². The van der Waals surface area contributed by atoms with Gasteiger partial charge in [0.25, 0.3) is 0 Å². The van der Waals surface area contributed by atoms with Gasteiger partial charge in [-0.2, -0.15) is 0 Å². The molecule has 0 N–H and O–H groups in total. The molecule has 0 atom stereocenters. The lowest BCUT2D eigenvalue weighted by Crippen LogP contribution is -2.18. The number of fused-ring (bicyclic) bond motifs is 3. The molecule has 3 nitrogen and oxygen atoms in total. The van der Waals surface area contributed by atoms with Crippen LogP contribution in [0, 0.1) is 6.92 Å². The summed E-state index contributed by atoms with van der Waals surface area (Å²) in [5, 5.41) is 0. The molecule has 0 amide bonds. The van der Waals surface area contributed by atoms with Crippen LogP contribution in [0.1, 0.15) is 56.9 Å². The Bertz CT molecular complexity index is 2490. The second-order valence-corrected chi connectivity index (χ2v) is 17.2. The van der Waals surface area contributed by atoms with E-state index in [1.54, 1.807) is 0 Å². The lowest BCUT2D eigenvalue weighted by molar-refractivity contribution is 0.584. The third-order valence-electron chi connectivity index (χ3n) is 11.9. The van der Waals surface area contributed by atoms with Crippen molar-refractivity contribution in [2.45, 2.75) is 52.4 Å². The molecular weight excluding hydrogens is 715 g/mol. The van der Waals surface area contributed by atoms with Crippen LogP contribution in [0.3, 0.4) is 0 Å². The molecular formula is C56H51N3. The van der Waals surface area contributed by atoms with Gasteiger partial charge >= 0.3 is 0 Å². The molecule has 0 heterocycles. The third-order valence-corrected chi connectivity index (χ3v) is 11.9. The van der Waals surface area contributed by atoms with Crippen molar-refractivity contribution in [2.75, 3.05) is 14.7 Å². The van der Waals surface area contributed by atoms with Gasteiger partial charge in [-0.3, -0.25) is 0 Å². The maximum atomic E-state index is 2.46. The normalized spacial score (nSPS) is 12.7. The predicted octanol–water partition coefficient (Wildman–Crippen LogP) is 16.0. The molecule has 0 aliphatic heterocycles. The topological polar surface area (TPSA) is 9.72 Å². The van der Waals surface area contributed by atoms with E-state index < -0.39 is 0 Å². The van der Waals surface area contributed by atoms with Crippen LogP contribution >= 0.6 is 0 Å². The van der Waals surface area contributed by atoms with Crippen LogP contribution < -0.4 is 14.7 Å². The molecule has 9 rings (SSSR count). The lowest BCUT2D eigenvalue weighted by Gasteiger charge is -2.30. The van der Waals surface area contributed by atoms with Gasteiger partial charge in [-0.15, -0.1) is 0 Å². The molecule has 0 fully saturated rings. The first-order valence-electron chi connectivity index (χ1n) is 20.7. The van der Waals surface area contributed by atoms with Crippen LogP contribution in [0.2, 0.25) is 0 Å². The Labute approximate surface area is 350 Å². The molecule has 0 spiro atoms. The molecule has 0 saturated carbocycles. The highest BCUT2D eigenvalue weighted by Crippen LogP contribution is 2.52. The number of hydrogen-bond donors (Lipinski definition) is 0. The number of aryl methyl sites for hydroxylation is 1. The number of benzene rings is 8. The van der Waals surface area contributed by atoms with E-state index in [1.807, 2.05) is 0 Å². The smallest absolute Gasteiger partial charge is 0.0465 e. The summed E-state index contributed by atoms with van der Waals surface area (Å²) in [4.78, 5) is 7.03. The van der Waals surface area contributed by atoms with Crippen molar-refractivity contribution in [1.29, 1.82) is 0 Å². The second kappa shape index (κ2) is 15.2. The standard InChI is InChI=1S/C56H51N3/c1-40-37-53-51(39-52(40)55(2,3)4)50-36-35-49(38-54(50)56(53,5)6)59(47-31-27-45(28-32-47)57(41-19-11-7-12-20-41)42-21-13-8-14-22-42)48-33-29-46(30-34-48)58(43-23-15-9-16-24-43)44-25-17-10-18-26-44/h7-39H,1-6H3. The molecule has 1 aliphatic carbocycles. The molecule has 0 unspecified atom stereocenters. The summed E-state index contributed by atoms with van der Waals surface area (Å²) in [6, 6.07) is 72.4. The number of para-hydroxylation sites is 4. The quantitative estimate of drug-likeness (QED) is 0.145. The van der Waals surface area contributed by atoms with Crippen LogP contribution in [0.4, 0.5) is 51.2 Å². The van der Waals surface area contributed by atoms with Crippen LogP contribution in [0.5, 0.6) is 0 Å². The fourth-order valence-corrected chi connectivity index (χ4v) is 8.98. The Morgan fingerprint density at radius 3 is 1.00 bits per heavy atom. The maximum absolute atomic E-state index is 2.46. The average Bonchev–Trinajstić information content (AvgIpc) is 3.47. The van der Waals surface area contributed by atoms with Crippen molar-refractivity contribution in [3.8, 4) is 11.1 Å². The van der Waals surface area contributed by atoms with Crippen molar-refractivity contribution >= 4 is 51.2 Å². The van der Waals surface area contributed by atoms with Gasteiger partial charge in [0.05, 0.1) is 0 Å². The summed E-state index contributed by atoms with van der Waals surface area (Å²) in [6.45, 7) is 14.0. The van der Waals surface area contributed by atoms with E-state index in [1.165, 1.54) is 33.4 Å². The van der Waals surface area contributed by atoms with Crippen molar-refractivity contribution < 1.29 is 0 Å². The number of nitrogens with zero attached hydrogens (tertiary/aromatic N) is 3. The van der Waals surface area contributed by atoms with E-state index in [9.17, 15) is 0 Å². The largest absolute Gasteiger partial charge is 0.311 e. The summed E-state index contributed by atoms with van der Waals surface area (Å²) < 4.78 is 0. The van der Waals surface area contributed by atoms with E-state index in [4.69, 9.17) is 0 Å². The van der Waals surface area contributed by atoms with Gasteiger partial charge < -0.3 is 14.7 Å². The summed E-state index contributed by atoms with van der Waals surface area (Å²) in [5.74, 6) is 0. The number of rotatable bonds is 9. The van der Waals surface area contributed by atoms with E-state index in [2.05, 4.69) is 256 Å². The van der Waals surface area contributed by atoms with Crippen molar-refractivity contribution in [2.24, 2.45) is 0 Å². The Balaban J connectivity index is 1.17. The second-order valence-electron chi connectivity index (χ2n) is 17.2. The predicted molar refractivity (Wildman–Crippen MR) is 251 cm³/mol. The third kappa shape index (κ3) is 7.08. The minimum absolute atomic E-state index is 0.0638. The molecule has 0 aromatic heterocycles. The van der Waals surface area contributed by atoms with Crippen LogP contribution in [0.15, 0.2) is 200 Å². The van der Waals surface area contributed by atoms with Gasteiger partial charge in [0.1, 0.15) is 0 Å². The van der Waals surface area contributed by atoms with Crippen LogP contribution in [-0.4, -0.2) is 0 Å². The first kappa shape index (κ1) is 37.7. The lowest BCUT2D eigenvalue weighted by atomic mass is 9.78.